The normalized spacial score (nSPS) is 15.3. The molecule has 0 radical (unpaired) electrons. The van der Waals surface area contributed by atoms with E-state index in [1.54, 1.807) is 6.07 Å². The number of rotatable bonds is 4. The van der Waals surface area contributed by atoms with Crippen molar-refractivity contribution in [1.82, 2.24) is 10.1 Å². The van der Waals surface area contributed by atoms with Crippen LogP contribution < -0.4 is 0 Å². The summed E-state index contributed by atoms with van der Waals surface area (Å²) in [5.41, 5.74) is 1.76. The summed E-state index contributed by atoms with van der Waals surface area (Å²) in [6, 6.07) is 12.2. The fourth-order valence-corrected chi connectivity index (χ4v) is 2.64. The summed E-state index contributed by atoms with van der Waals surface area (Å²) in [7, 11) is 0. The van der Waals surface area contributed by atoms with Crippen molar-refractivity contribution >= 4 is 5.91 Å². The molecule has 3 rings (SSSR count). The lowest BCUT2D eigenvalue weighted by Gasteiger charge is -2.39. The fourth-order valence-electron chi connectivity index (χ4n) is 2.64. The van der Waals surface area contributed by atoms with E-state index in [9.17, 15) is 4.79 Å². The molecule has 1 aromatic heterocycles. The Kier molecular flexibility index (Phi) is 3.78. The first-order chi connectivity index (χ1) is 10.1. The summed E-state index contributed by atoms with van der Waals surface area (Å²) in [6.07, 6.45) is 1.03. The molecule has 1 fully saturated rings. The first kappa shape index (κ1) is 13.9. The molecule has 0 spiro atoms. The van der Waals surface area contributed by atoms with Gasteiger partial charge in [0.05, 0.1) is 0 Å². The second-order valence-corrected chi connectivity index (χ2v) is 6.04. The van der Waals surface area contributed by atoms with Crippen LogP contribution in [-0.2, 0) is 6.42 Å². The summed E-state index contributed by atoms with van der Waals surface area (Å²) in [5, 5.41) is 3.88. The van der Waals surface area contributed by atoms with E-state index in [1.165, 1.54) is 5.56 Å². The Morgan fingerprint density at radius 1 is 1.33 bits per heavy atom. The lowest BCUT2D eigenvalue weighted by atomic mass is 9.92. The fraction of sp³-hybridized carbons (Fsp3) is 0.412. The SMILES string of the molecule is CC(C)c1cc(C(=O)N2CC(Cc3ccccc3)C2)no1. The first-order valence-electron chi connectivity index (χ1n) is 7.43. The number of amides is 1. The molecule has 21 heavy (non-hydrogen) atoms. The highest BCUT2D eigenvalue weighted by atomic mass is 16.5. The molecule has 2 heterocycles. The van der Waals surface area contributed by atoms with Gasteiger partial charge in [0.1, 0.15) is 5.76 Å². The van der Waals surface area contributed by atoms with Gasteiger partial charge in [0.25, 0.3) is 5.91 Å². The molecule has 110 valence electrons. The maximum Gasteiger partial charge on any atom is 0.276 e. The van der Waals surface area contributed by atoms with E-state index in [0.717, 1.165) is 25.3 Å². The summed E-state index contributed by atoms with van der Waals surface area (Å²) in [5.74, 6) is 1.55. The second kappa shape index (κ2) is 5.72. The van der Waals surface area contributed by atoms with Gasteiger partial charge in [0.15, 0.2) is 5.69 Å². The third-order valence-corrected chi connectivity index (χ3v) is 3.93. The molecule has 0 saturated carbocycles. The highest BCUT2D eigenvalue weighted by molar-refractivity contribution is 5.92. The van der Waals surface area contributed by atoms with Crippen molar-refractivity contribution in [2.45, 2.75) is 26.2 Å². The maximum absolute atomic E-state index is 12.3. The Balaban J connectivity index is 1.54. The number of nitrogens with zero attached hydrogens (tertiary/aromatic N) is 2. The number of carbonyl (C=O) groups excluding carboxylic acids is 1. The zero-order valence-electron chi connectivity index (χ0n) is 12.5. The van der Waals surface area contributed by atoms with Crippen LogP contribution in [0.2, 0.25) is 0 Å². The standard InChI is InChI=1S/C17H20N2O2/c1-12(2)16-9-15(18-21-16)17(20)19-10-14(11-19)8-13-6-4-3-5-7-13/h3-7,9,12,14H,8,10-11H2,1-2H3. The van der Waals surface area contributed by atoms with Crippen molar-refractivity contribution in [2.75, 3.05) is 13.1 Å². The first-order valence-corrected chi connectivity index (χ1v) is 7.43. The molecule has 1 saturated heterocycles. The molecular weight excluding hydrogens is 264 g/mol. The zero-order chi connectivity index (χ0) is 14.8. The minimum absolute atomic E-state index is 0.0186. The van der Waals surface area contributed by atoms with Gasteiger partial charge >= 0.3 is 0 Å². The van der Waals surface area contributed by atoms with E-state index in [-0.39, 0.29) is 11.8 Å². The Hall–Kier alpha value is -2.10. The van der Waals surface area contributed by atoms with Gasteiger partial charge in [-0.15, -0.1) is 0 Å². The smallest absolute Gasteiger partial charge is 0.276 e. The van der Waals surface area contributed by atoms with Gasteiger partial charge in [-0.3, -0.25) is 4.79 Å². The molecule has 1 amide bonds. The molecule has 0 aliphatic carbocycles. The van der Waals surface area contributed by atoms with Crippen LogP contribution >= 0.6 is 0 Å². The summed E-state index contributed by atoms with van der Waals surface area (Å²) >= 11 is 0. The summed E-state index contributed by atoms with van der Waals surface area (Å²) in [6.45, 7) is 5.65. The van der Waals surface area contributed by atoms with Crippen molar-refractivity contribution in [3.05, 3.63) is 53.4 Å². The van der Waals surface area contributed by atoms with Crippen molar-refractivity contribution in [1.29, 1.82) is 0 Å². The summed E-state index contributed by atoms with van der Waals surface area (Å²) in [4.78, 5) is 14.1. The van der Waals surface area contributed by atoms with Gasteiger partial charge in [-0.05, 0) is 17.9 Å². The van der Waals surface area contributed by atoms with Gasteiger partial charge in [-0.25, -0.2) is 0 Å². The third kappa shape index (κ3) is 2.99. The molecule has 0 unspecified atom stereocenters. The van der Waals surface area contributed by atoms with Crippen LogP contribution in [0.15, 0.2) is 40.9 Å². The molecule has 1 aliphatic heterocycles. The minimum atomic E-state index is -0.0186. The highest BCUT2D eigenvalue weighted by Crippen LogP contribution is 2.23. The molecule has 0 atom stereocenters. The van der Waals surface area contributed by atoms with E-state index < -0.39 is 0 Å². The number of hydrogen-bond acceptors (Lipinski definition) is 3. The topological polar surface area (TPSA) is 46.3 Å². The van der Waals surface area contributed by atoms with E-state index >= 15 is 0 Å². The van der Waals surface area contributed by atoms with Crippen molar-refractivity contribution < 1.29 is 9.32 Å². The van der Waals surface area contributed by atoms with Crippen LogP contribution in [-0.4, -0.2) is 29.1 Å². The van der Waals surface area contributed by atoms with Gasteiger partial charge in [-0.1, -0.05) is 49.3 Å². The lowest BCUT2D eigenvalue weighted by molar-refractivity contribution is 0.0490. The van der Waals surface area contributed by atoms with Crippen LogP contribution in [0.4, 0.5) is 0 Å². The monoisotopic (exact) mass is 284 g/mol. The van der Waals surface area contributed by atoms with Crippen molar-refractivity contribution in [3.63, 3.8) is 0 Å². The molecule has 4 nitrogen and oxygen atoms in total. The Labute approximate surface area is 124 Å². The number of likely N-dealkylation sites (tertiary alicyclic amines) is 1. The van der Waals surface area contributed by atoms with Crippen molar-refractivity contribution in [3.8, 4) is 0 Å². The number of aromatic nitrogens is 1. The van der Waals surface area contributed by atoms with Crippen molar-refractivity contribution in [2.24, 2.45) is 5.92 Å². The molecule has 1 aliphatic rings. The summed E-state index contributed by atoms with van der Waals surface area (Å²) < 4.78 is 5.19. The second-order valence-electron chi connectivity index (χ2n) is 6.04. The number of carbonyl (C=O) groups is 1. The van der Waals surface area contributed by atoms with E-state index in [1.807, 2.05) is 24.8 Å². The maximum atomic E-state index is 12.3. The highest BCUT2D eigenvalue weighted by Gasteiger charge is 2.32. The van der Waals surface area contributed by atoms with E-state index in [0.29, 0.717) is 11.6 Å². The number of benzene rings is 1. The minimum Gasteiger partial charge on any atom is -0.360 e. The zero-order valence-corrected chi connectivity index (χ0v) is 12.5. The average molecular weight is 284 g/mol. The van der Waals surface area contributed by atoms with Gasteiger partial charge < -0.3 is 9.42 Å². The lowest BCUT2D eigenvalue weighted by Crippen LogP contribution is -2.50. The Morgan fingerprint density at radius 3 is 2.67 bits per heavy atom. The third-order valence-electron chi connectivity index (χ3n) is 3.93. The Morgan fingerprint density at radius 2 is 2.05 bits per heavy atom. The molecule has 4 heteroatoms. The van der Waals surface area contributed by atoms with Crippen LogP contribution in [0.3, 0.4) is 0 Å². The van der Waals surface area contributed by atoms with Gasteiger partial charge in [0.2, 0.25) is 0 Å². The van der Waals surface area contributed by atoms with Gasteiger partial charge in [0, 0.05) is 25.1 Å². The quantitative estimate of drug-likeness (QED) is 0.866. The van der Waals surface area contributed by atoms with Crippen LogP contribution in [0.1, 0.15) is 41.6 Å². The number of hydrogen-bond donors (Lipinski definition) is 0. The predicted octanol–water partition coefficient (Wildman–Crippen LogP) is 3.11. The molecule has 0 bridgehead atoms. The molecule has 2 aromatic rings. The predicted molar refractivity (Wildman–Crippen MR) is 80.1 cm³/mol. The van der Waals surface area contributed by atoms with Gasteiger partial charge in [-0.2, -0.15) is 0 Å². The Bertz CT molecular complexity index is 613. The molecule has 0 N–H and O–H groups in total. The molecule has 1 aromatic carbocycles. The van der Waals surface area contributed by atoms with Crippen LogP contribution in [0.5, 0.6) is 0 Å². The van der Waals surface area contributed by atoms with Crippen LogP contribution in [0, 0.1) is 5.92 Å². The van der Waals surface area contributed by atoms with E-state index in [4.69, 9.17) is 4.52 Å². The van der Waals surface area contributed by atoms with E-state index in [2.05, 4.69) is 29.4 Å². The van der Waals surface area contributed by atoms with Crippen LogP contribution in [0.25, 0.3) is 0 Å². The molecular formula is C17H20N2O2. The largest absolute Gasteiger partial charge is 0.360 e. The average Bonchev–Trinajstić information content (AvgIpc) is 2.93.